The van der Waals surface area contributed by atoms with Crippen molar-refractivity contribution in [2.45, 2.75) is 38.4 Å². The van der Waals surface area contributed by atoms with E-state index in [1.54, 1.807) is 52.5 Å². The number of carbonyl (C=O) groups is 3. The van der Waals surface area contributed by atoms with E-state index in [1.807, 2.05) is 35.4 Å². The number of carbonyl (C=O) groups excluding carboxylic acids is 3. The number of anilines is 1. The number of aromatic nitrogens is 1. The Hall–Kier alpha value is -4.19. The number of benzene rings is 2. The fraction of sp³-hybridized carbons (Fsp3) is 0.367. The molecule has 0 radical (unpaired) electrons. The third-order valence-electron chi connectivity index (χ3n) is 7.29. The van der Waals surface area contributed by atoms with Crippen molar-refractivity contribution in [2.75, 3.05) is 39.4 Å². The second kappa shape index (κ2) is 14.4. The van der Waals surface area contributed by atoms with Crippen LogP contribution in [0.25, 0.3) is 10.9 Å². The number of rotatable bonds is 16. The van der Waals surface area contributed by atoms with Crippen LogP contribution in [0.2, 0.25) is 0 Å². The normalized spacial score (nSPS) is 13.2. The Kier molecular flexibility index (Phi) is 11.0. The standard InChI is InChI=1S/C30H40N6O5/c1-30(12-6-15-37,29(39)33-2)34(3)19-26-23(20-38)7-5-8-28(26)41-21-24(31)18-36(32)25-9-10-27-22(17-25)11-13-35(27)14-16-40-4/h5,7-11,13,15,17-18,20H,6,12,14,16,19,21,31-32H2,1-4H3,(H,33,39)/b24-18-/t30-/m0/s1. The van der Waals surface area contributed by atoms with Crippen molar-refractivity contribution in [3.8, 4) is 5.75 Å². The van der Waals surface area contributed by atoms with E-state index in [0.717, 1.165) is 35.7 Å². The van der Waals surface area contributed by atoms with E-state index in [4.69, 9.17) is 21.1 Å². The summed E-state index contributed by atoms with van der Waals surface area (Å²) in [5, 5.41) is 5.14. The fourth-order valence-electron chi connectivity index (χ4n) is 4.68. The number of fused-ring (bicyclic) bond motifs is 1. The number of hydrazine groups is 1. The van der Waals surface area contributed by atoms with Gasteiger partial charge in [0.1, 0.15) is 18.6 Å². The Labute approximate surface area is 240 Å². The quantitative estimate of drug-likeness (QED) is 0.136. The number of amides is 1. The van der Waals surface area contributed by atoms with Gasteiger partial charge in [0.05, 0.1) is 23.5 Å². The average Bonchev–Trinajstić information content (AvgIpc) is 3.39. The Balaban J connectivity index is 1.76. The summed E-state index contributed by atoms with van der Waals surface area (Å²) >= 11 is 0. The van der Waals surface area contributed by atoms with Crippen LogP contribution in [0.4, 0.5) is 5.69 Å². The lowest BCUT2D eigenvalue weighted by Crippen LogP contribution is -2.54. The SMILES string of the molecule is CNC(=O)[C@](C)(CCC=O)N(C)Cc1c(C=O)cccc1OC/C(N)=C/N(N)c1ccc2c(ccn2CCOC)c1. The molecule has 220 valence electrons. The number of aldehydes is 2. The topological polar surface area (TPSA) is 145 Å². The highest BCUT2D eigenvalue weighted by molar-refractivity contribution is 5.86. The summed E-state index contributed by atoms with van der Waals surface area (Å²) in [4.78, 5) is 37.5. The molecule has 2 aromatic carbocycles. The van der Waals surface area contributed by atoms with Gasteiger partial charge in [-0.2, -0.15) is 0 Å². The van der Waals surface area contributed by atoms with E-state index in [1.165, 1.54) is 5.01 Å². The van der Waals surface area contributed by atoms with Gasteiger partial charge in [0, 0.05) is 68.1 Å². The molecule has 0 bridgehead atoms. The van der Waals surface area contributed by atoms with Crippen molar-refractivity contribution < 1.29 is 23.9 Å². The first-order chi connectivity index (χ1) is 19.7. The largest absolute Gasteiger partial charge is 0.487 e. The molecule has 0 saturated carbocycles. The molecule has 41 heavy (non-hydrogen) atoms. The minimum atomic E-state index is -0.978. The first kappa shape index (κ1) is 31.3. The first-order valence-electron chi connectivity index (χ1n) is 13.3. The van der Waals surface area contributed by atoms with Gasteiger partial charge in [0.25, 0.3) is 0 Å². The van der Waals surface area contributed by atoms with Gasteiger partial charge in [-0.3, -0.25) is 19.5 Å². The van der Waals surface area contributed by atoms with Gasteiger partial charge in [-0.15, -0.1) is 0 Å². The molecule has 0 saturated heterocycles. The molecular formula is C30H40N6O5. The molecule has 0 aliphatic carbocycles. The van der Waals surface area contributed by atoms with E-state index in [0.29, 0.717) is 35.6 Å². The van der Waals surface area contributed by atoms with Crippen LogP contribution in [0.5, 0.6) is 5.75 Å². The van der Waals surface area contributed by atoms with Crippen LogP contribution in [0, 0.1) is 0 Å². The minimum Gasteiger partial charge on any atom is -0.487 e. The molecule has 1 aromatic heterocycles. The number of hydrogen-bond acceptors (Lipinski definition) is 9. The van der Waals surface area contributed by atoms with Crippen molar-refractivity contribution in [1.82, 2.24) is 14.8 Å². The summed E-state index contributed by atoms with van der Waals surface area (Å²) < 4.78 is 13.3. The maximum Gasteiger partial charge on any atom is 0.239 e. The number of nitrogens with two attached hydrogens (primary N) is 2. The van der Waals surface area contributed by atoms with Crippen LogP contribution < -0.4 is 26.6 Å². The number of ether oxygens (including phenoxy) is 2. The van der Waals surface area contributed by atoms with Crippen LogP contribution in [0.1, 0.15) is 35.7 Å². The lowest BCUT2D eigenvalue weighted by Gasteiger charge is -2.37. The van der Waals surface area contributed by atoms with Gasteiger partial charge in [-0.05, 0) is 50.7 Å². The Bertz CT molecular complexity index is 1390. The molecule has 5 N–H and O–H groups in total. The smallest absolute Gasteiger partial charge is 0.239 e. The van der Waals surface area contributed by atoms with Gasteiger partial charge in [-0.25, -0.2) is 5.84 Å². The van der Waals surface area contributed by atoms with Crippen LogP contribution in [-0.2, 0) is 27.4 Å². The molecule has 1 amide bonds. The molecule has 0 unspecified atom stereocenters. The number of nitrogens with one attached hydrogen (secondary N) is 1. The fourth-order valence-corrected chi connectivity index (χ4v) is 4.68. The second-order valence-electron chi connectivity index (χ2n) is 10.0. The summed E-state index contributed by atoms with van der Waals surface area (Å²) in [7, 11) is 5.00. The maximum absolute atomic E-state index is 12.7. The third kappa shape index (κ3) is 7.51. The molecule has 0 aliphatic heterocycles. The molecule has 3 rings (SSSR count). The number of methoxy groups -OCH3 is 1. The Morgan fingerprint density at radius 2 is 1.98 bits per heavy atom. The van der Waals surface area contributed by atoms with Crippen LogP contribution in [-0.4, -0.2) is 67.9 Å². The van der Waals surface area contributed by atoms with Gasteiger partial charge in [0.15, 0.2) is 6.29 Å². The Morgan fingerprint density at radius 3 is 2.66 bits per heavy atom. The van der Waals surface area contributed by atoms with Crippen molar-refractivity contribution in [1.29, 1.82) is 0 Å². The van der Waals surface area contributed by atoms with Crippen LogP contribution in [0.15, 0.2) is 60.6 Å². The summed E-state index contributed by atoms with van der Waals surface area (Å²) in [5.41, 5.74) is 8.51. The van der Waals surface area contributed by atoms with Crippen molar-refractivity contribution >= 4 is 35.1 Å². The van der Waals surface area contributed by atoms with E-state index >= 15 is 0 Å². The number of nitrogens with zero attached hydrogens (tertiary/aromatic N) is 3. The average molecular weight is 565 g/mol. The second-order valence-corrected chi connectivity index (χ2v) is 10.0. The van der Waals surface area contributed by atoms with E-state index < -0.39 is 5.54 Å². The highest BCUT2D eigenvalue weighted by Gasteiger charge is 2.37. The molecule has 0 fully saturated rings. The summed E-state index contributed by atoms with van der Waals surface area (Å²) in [5.74, 6) is 6.52. The van der Waals surface area contributed by atoms with E-state index in [9.17, 15) is 14.4 Å². The van der Waals surface area contributed by atoms with Crippen LogP contribution >= 0.6 is 0 Å². The third-order valence-corrected chi connectivity index (χ3v) is 7.29. The summed E-state index contributed by atoms with van der Waals surface area (Å²) in [6.07, 6.45) is 5.66. The molecule has 1 heterocycles. The van der Waals surface area contributed by atoms with Crippen LogP contribution in [0.3, 0.4) is 0 Å². The van der Waals surface area contributed by atoms with Crippen molar-refractivity contribution in [3.63, 3.8) is 0 Å². The summed E-state index contributed by atoms with van der Waals surface area (Å²) in [6.45, 7) is 3.38. The predicted molar refractivity (Wildman–Crippen MR) is 159 cm³/mol. The summed E-state index contributed by atoms with van der Waals surface area (Å²) in [6, 6.07) is 13.0. The number of hydrogen-bond donors (Lipinski definition) is 3. The zero-order chi connectivity index (χ0) is 30.0. The molecular weight excluding hydrogens is 524 g/mol. The minimum absolute atomic E-state index is 0.0141. The molecule has 11 nitrogen and oxygen atoms in total. The monoisotopic (exact) mass is 564 g/mol. The highest BCUT2D eigenvalue weighted by Crippen LogP contribution is 2.29. The first-order valence-corrected chi connectivity index (χ1v) is 13.3. The van der Waals surface area contributed by atoms with Gasteiger partial charge >= 0.3 is 0 Å². The molecule has 1 atom stereocenters. The van der Waals surface area contributed by atoms with Gasteiger partial charge in [0.2, 0.25) is 5.91 Å². The lowest BCUT2D eigenvalue weighted by molar-refractivity contribution is -0.132. The van der Waals surface area contributed by atoms with Crippen molar-refractivity contribution in [3.05, 3.63) is 71.7 Å². The lowest BCUT2D eigenvalue weighted by atomic mass is 9.92. The number of likely N-dealkylation sites (N-methyl/N-ethyl adjacent to an activating group) is 2. The van der Waals surface area contributed by atoms with Crippen molar-refractivity contribution in [2.24, 2.45) is 11.6 Å². The van der Waals surface area contributed by atoms with Gasteiger partial charge in [-0.1, -0.05) is 12.1 Å². The molecule has 0 spiro atoms. The zero-order valence-electron chi connectivity index (χ0n) is 24.1. The highest BCUT2D eigenvalue weighted by atomic mass is 16.5. The van der Waals surface area contributed by atoms with E-state index in [-0.39, 0.29) is 25.5 Å². The molecule has 0 aliphatic rings. The Morgan fingerprint density at radius 1 is 1.20 bits per heavy atom. The molecule has 11 heteroatoms. The van der Waals surface area contributed by atoms with Gasteiger partial charge < -0.3 is 29.9 Å². The molecule has 3 aromatic rings. The predicted octanol–water partition coefficient (Wildman–Crippen LogP) is 2.58. The zero-order valence-corrected chi connectivity index (χ0v) is 24.1. The maximum atomic E-state index is 12.7. The van der Waals surface area contributed by atoms with E-state index in [2.05, 4.69) is 9.88 Å².